The standard InChI is InChI=1S/C18H13N9O5/c19-16-17(24-32-23-16)26-15(10-5-7-12(8-6-10)27(30)31)14(21-25-26)18(29)22-20-9-11-3-1-2-4-13(11)28/h1-9,28H,(H2,19,23)(H,22,29)/b20-9-. The molecule has 0 atom stereocenters. The number of nitro groups is 1. The number of hydrogen-bond donors (Lipinski definition) is 3. The molecule has 0 aliphatic carbocycles. The first-order chi connectivity index (χ1) is 15.5. The molecule has 0 saturated heterocycles. The number of phenolic OH excluding ortho intramolecular Hbond substituents is 1. The van der Waals surface area contributed by atoms with E-state index in [1.807, 2.05) is 0 Å². The highest BCUT2D eigenvalue weighted by atomic mass is 16.6. The van der Waals surface area contributed by atoms with Gasteiger partial charge in [-0.1, -0.05) is 17.3 Å². The van der Waals surface area contributed by atoms with Crippen LogP contribution < -0.4 is 11.2 Å². The Hall–Kier alpha value is -5.14. The molecular weight excluding hydrogens is 422 g/mol. The molecule has 2 aromatic carbocycles. The summed E-state index contributed by atoms with van der Waals surface area (Å²) in [6.07, 6.45) is 1.25. The molecular formula is C18H13N9O5. The number of hydrogen-bond acceptors (Lipinski definition) is 11. The van der Waals surface area contributed by atoms with Gasteiger partial charge in [0.1, 0.15) is 11.4 Å². The summed E-state index contributed by atoms with van der Waals surface area (Å²) in [7, 11) is 0. The normalized spacial score (nSPS) is 11.0. The third kappa shape index (κ3) is 3.82. The molecule has 2 aromatic heterocycles. The van der Waals surface area contributed by atoms with Gasteiger partial charge in [-0.05, 0) is 34.6 Å². The van der Waals surface area contributed by atoms with Gasteiger partial charge in [0, 0.05) is 23.3 Å². The van der Waals surface area contributed by atoms with E-state index in [0.717, 1.165) is 4.68 Å². The first-order valence-corrected chi connectivity index (χ1v) is 8.86. The number of aromatic nitrogens is 5. The van der Waals surface area contributed by atoms with Crippen LogP contribution in [0.2, 0.25) is 0 Å². The van der Waals surface area contributed by atoms with Crippen LogP contribution >= 0.6 is 0 Å². The van der Waals surface area contributed by atoms with Crippen LogP contribution in [-0.2, 0) is 0 Å². The number of nitrogens with zero attached hydrogens (tertiary/aromatic N) is 7. The van der Waals surface area contributed by atoms with Gasteiger partial charge in [0.2, 0.25) is 11.6 Å². The summed E-state index contributed by atoms with van der Waals surface area (Å²) in [6, 6.07) is 11.8. The molecule has 0 radical (unpaired) electrons. The Morgan fingerprint density at radius 3 is 2.62 bits per heavy atom. The van der Waals surface area contributed by atoms with Gasteiger partial charge in [0.25, 0.3) is 11.6 Å². The zero-order chi connectivity index (χ0) is 22.7. The largest absolute Gasteiger partial charge is 0.507 e. The predicted molar refractivity (Wildman–Crippen MR) is 109 cm³/mol. The van der Waals surface area contributed by atoms with Gasteiger partial charge in [-0.15, -0.1) is 5.10 Å². The lowest BCUT2D eigenvalue weighted by atomic mass is 10.1. The van der Waals surface area contributed by atoms with Crippen molar-refractivity contribution in [2.75, 3.05) is 5.73 Å². The second-order valence-electron chi connectivity index (χ2n) is 6.23. The molecule has 32 heavy (non-hydrogen) atoms. The van der Waals surface area contributed by atoms with E-state index in [-0.39, 0.29) is 34.5 Å². The number of carbonyl (C=O) groups excluding carboxylic acids is 1. The van der Waals surface area contributed by atoms with Crippen molar-refractivity contribution < 1.29 is 19.5 Å². The van der Waals surface area contributed by atoms with Crippen molar-refractivity contribution in [2.45, 2.75) is 0 Å². The fourth-order valence-corrected chi connectivity index (χ4v) is 2.73. The summed E-state index contributed by atoms with van der Waals surface area (Å²) in [6.45, 7) is 0. The van der Waals surface area contributed by atoms with Crippen LogP contribution in [0.1, 0.15) is 16.1 Å². The highest BCUT2D eigenvalue weighted by Gasteiger charge is 2.25. The number of nitro benzene ring substituents is 1. The number of nitrogens with one attached hydrogen (secondary N) is 1. The maximum absolute atomic E-state index is 12.8. The van der Waals surface area contributed by atoms with E-state index in [4.69, 9.17) is 5.73 Å². The number of benzene rings is 2. The van der Waals surface area contributed by atoms with Crippen molar-refractivity contribution >= 4 is 23.6 Å². The molecule has 14 nitrogen and oxygen atoms in total. The van der Waals surface area contributed by atoms with Crippen LogP contribution in [0.5, 0.6) is 5.75 Å². The maximum atomic E-state index is 12.8. The van der Waals surface area contributed by atoms with Gasteiger partial charge in [-0.25, -0.2) is 10.1 Å². The van der Waals surface area contributed by atoms with E-state index >= 15 is 0 Å². The zero-order valence-corrected chi connectivity index (χ0v) is 16.0. The number of hydrazone groups is 1. The average molecular weight is 435 g/mol. The molecule has 2 heterocycles. The molecule has 0 aliphatic rings. The summed E-state index contributed by atoms with van der Waals surface area (Å²) in [5.74, 6) is -0.895. The molecule has 0 aliphatic heterocycles. The summed E-state index contributed by atoms with van der Waals surface area (Å²) in [5, 5.41) is 39.4. The Morgan fingerprint density at radius 2 is 1.97 bits per heavy atom. The smallest absolute Gasteiger partial charge is 0.294 e. The second kappa shape index (κ2) is 8.31. The van der Waals surface area contributed by atoms with E-state index in [1.165, 1.54) is 36.5 Å². The Kier molecular flexibility index (Phi) is 5.23. The highest BCUT2D eigenvalue weighted by Crippen LogP contribution is 2.28. The predicted octanol–water partition coefficient (Wildman–Crippen LogP) is 1.28. The number of aromatic hydroxyl groups is 1. The minimum Gasteiger partial charge on any atom is -0.507 e. The number of rotatable bonds is 6. The van der Waals surface area contributed by atoms with Crippen molar-refractivity contribution in [1.82, 2.24) is 30.7 Å². The quantitative estimate of drug-likeness (QED) is 0.225. The number of phenols is 1. The fraction of sp³-hybridized carbons (Fsp3) is 0. The molecule has 4 rings (SSSR count). The molecule has 0 unspecified atom stereocenters. The van der Waals surface area contributed by atoms with Crippen LogP contribution in [0.15, 0.2) is 58.3 Å². The maximum Gasteiger partial charge on any atom is 0.294 e. The average Bonchev–Trinajstić information content (AvgIpc) is 3.41. The molecule has 0 saturated carbocycles. The molecule has 0 fully saturated rings. The number of nitrogen functional groups attached to an aromatic ring is 1. The van der Waals surface area contributed by atoms with Crippen LogP contribution in [0.3, 0.4) is 0 Å². The third-order valence-electron chi connectivity index (χ3n) is 4.24. The lowest BCUT2D eigenvalue weighted by molar-refractivity contribution is -0.384. The van der Waals surface area contributed by atoms with Gasteiger partial charge in [0.05, 0.1) is 11.1 Å². The van der Waals surface area contributed by atoms with Gasteiger partial charge in [-0.3, -0.25) is 14.9 Å². The Balaban J connectivity index is 1.71. The summed E-state index contributed by atoms with van der Waals surface area (Å²) in [5.41, 5.74) is 8.58. The first-order valence-electron chi connectivity index (χ1n) is 8.86. The molecule has 0 spiro atoms. The Labute approximate surface area is 178 Å². The van der Waals surface area contributed by atoms with Crippen molar-refractivity contribution in [3.8, 4) is 22.8 Å². The first kappa shape index (κ1) is 20.1. The zero-order valence-electron chi connectivity index (χ0n) is 16.0. The number of carbonyl (C=O) groups is 1. The van der Waals surface area contributed by atoms with Crippen LogP contribution in [0, 0.1) is 10.1 Å². The van der Waals surface area contributed by atoms with Crippen molar-refractivity contribution in [1.29, 1.82) is 0 Å². The highest BCUT2D eigenvalue weighted by molar-refractivity contribution is 5.99. The summed E-state index contributed by atoms with van der Waals surface area (Å²) >= 11 is 0. The van der Waals surface area contributed by atoms with Crippen LogP contribution in [0.25, 0.3) is 17.1 Å². The summed E-state index contributed by atoms with van der Waals surface area (Å²) < 4.78 is 5.70. The molecule has 14 heteroatoms. The minimum atomic E-state index is -0.744. The Bertz CT molecular complexity index is 1330. The lowest BCUT2D eigenvalue weighted by Crippen LogP contribution is -2.19. The van der Waals surface area contributed by atoms with Crippen molar-refractivity contribution in [3.05, 3.63) is 69.9 Å². The lowest BCUT2D eigenvalue weighted by Gasteiger charge is -2.05. The van der Waals surface area contributed by atoms with E-state index in [2.05, 4.69) is 35.8 Å². The summed E-state index contributed by atoms with van der Waals surface area (Å²) in [4.78, 5) is 23.2. The van der Waals surface area contributed by atoms with E-state index in [0.29, 0.717) is 11.1 Å². The molecule has 0 bridgehead atoms. The van der Waals surface area contributed by atoms with E-state index in [1.54, 1.807) is 18.2 Å². The molecule has 160 valence electrons. The minimum absolute atomic E-state index is 0.0166. The van der Waals surface area contributed by atoms with Crippen molar-refractivity contribution in [3.63, 3.8) is 0 Å². The number of nitrogens with two attached hydrogens (primary N) is 1. The van der Waals surface area contributed by atoms with E-state index < -0.39 is 10.8 Å². The van der Waals surface area contributed by atoms with E-state index in [9.17, 15) is 20.0 Å². The van der Waals surface area contributed by atoms with Gasteiger partial charge < -0.3 is 10.8 Å². The number of anilines is 1. The number of para-hydroxylation sites is 1. The SMILES string of the molecule is Nc1nonc1-n1nnc(C(=O)N/N=C\c2ccccc2O)c1-c1ccc([N+](=O)[O-])cc1. The van der Waals surface area contributed by atoms with Crippen LogP contribution in [0.4, 0.5) is 11.5 Å². The third-order valence-corrected chi connectivity index (χ3v) is 4.24. The molecule has 4 N–H and O–H groups in total. The molecule has 1 amide bonds. The van der Waals surface area contributed by atoms with Gasteiger partial charge in [0.15, 0.2) is 5.69 Å². The number of amides is 1. The Morgan fingerprint density at radius 1 is 1.22 bits per heavy atom. The number of non-ortho nitro benzene ring substituents is 1. The van der Waals surface area contributed by atoms with Crippen LogP contribution in [-0.4, -0.2) is 47.5 Å². The van der Waals surface area contributed by atoms with Crippen molar-refractivity contribution in [2.24, 2.45) is 5.10 Å². The topological polar surface area (TPSA) is 200 Å². The van der Waals surface area contributed by atoms with Gasteiger partial charge >= 0.3 is 0 Å². The van der Waals surface area contributed by atoms with Gasteiger partial charge in [-0.2, -0.15) is 9.78 Å². The monoisotopic (exact) mass is 435 g/mol. The molecule has 4 aromatic rings. The fourth-order valence-electron chi connectivity index (χ4n) is 2.73. The second-order valence-corrected chi connectivity index (χ2v) is 6.23.